The average molecular weight is 346 g/mol. The number of benzene rings is 1. The Morgan fingerprint density at radius 2 is 1.84 bits per heavy atom. The van der Waals surface area contributed by atoms with Crippen molar-refractivity contribution in [1.29, 1.82) is 0 Å². The van der Waals surface area contributed by atoms with Crippen LogP contribution in [0.4, 0.5) is 10.5 Å². The van der Waals surface area contributed by atoms with Crippen LogP contribution in [-0.2, 0) is 4.79 Å². The molecule has 0 unspecified atom stereocenters. The summed E-state index contributed by atoms with van der Waals surface area (Å²) < 4.78 is 0. The molecule has 7 nitrogen and oxygen atoms in total. The molecule has 1 aliphatic rings. The van der Waals surface area contributed by atoms with Crippen molar-refractivity contribution in [3.05, 3.63) is 29.3 Å². The fourth-order valence-electron chi connectivity index (χ4n) is 3.31. The summed E-state index contributed by atoms with van der Waals surface area (Å²) in [6.45, 7) is 7.64. The van der Waals surface area contributed by atoms with Gasteiger partial charge in [0.25, 0.3) is 5.91 Å². The van der Waals surface area contributed by atoms with Gasteiger partial charge >= 0.3 is 6.03 Å². The highest BCUT2D eigenvalue weighted by atomic mass is 16.2. The number of carbonyl (C=O) groups is 3. The van der Waals surface area contributed by atoms with Crippen molar-refractivity contribution in [1.82, 2.24) is 10.2 Å². The van der Waals surface area contributed by atoms with Crippen molar-refractivity contribution in [3.8, 4) is 0 Å². The average Bonchev–Trinajstić information content (AvgIpc) is 2.52. The van der Waals surface area contributed by atoms with Gasteiger partial charge in [0.15, 0.2) is 0 Å². The number of primary amides is 1. The Labute approximate surface area is 147 Å². The second-order valence-corrected chi connectivity index (χ2v) is 6.95. The molecular formula is C18H26N4O3. The minimum atomic E-state index is -0.888. The van der Waals surface area contributed by atoms with Gasteiger partial charge in [0, 0.05) is 24.3 Å². The maximum absolute atomic E-state index is 12.8. The highest BCUT2D eigenvalue weighted by Gasteiger charge is 2.26. The Kier molecular flexibility index (Phi) is 6.01. The third-order valence-electron chi connectivity index (χ3n) is 4.34. The Bertz CT molecular complexity index is 664. The molecule has 1 aliphatic heterocycles. The van der Waals surface area contributed by atoms with Crippen molar-refractivity contribution >= 4 is 23.5 Å². The van der Waals surface area contributed by atoms with Crippen molar-refractivity contribution in [2.45, 2.75) is 27.2 Å². The van der Waals surface area contributed by atoms with Gasteiger partial charge in [-0.3, -0.25) is 14.9 Å². The zero-order valence-corrected chi connectivity index (χ0v) is 15.0. The molecule has 25 heavy (non-hydrogen) atoms. The number of aryl methyl sites for hydroxylation is 1. The number of nitrogens with zero attached hydrogens (tertiary/aromatic N) is 1. The van der Waals surface area contributed by atoms with E-state index in [1.807, 2.05) is 23.2 Å². The van der Waals surface area contributed by atoms with Crippen LogP contribution in [0.5, 0.6) is 0 Å². The van der Waals surface area contributed by atoms with E-state index >= 15 is 0 Å². The number of rotatable bonds is 4. The third kappa shape index (κ3) is 5.20. The van der Waals surface area contributed by atoms with Gasteiger partial charge in [0.1, 0.15) is 0 Å². The van der Waals surface area contributed by atoms with Gasteiger partial charge in [0.05, 0.1) is 6.54 Å². The lowest BCUT2D eigenvalue weighted by Crippen LogP contribution is -2.42. The molecule has 2 rings (SSSR count). The molecule has 0 aromatic heterocycles. The van der Waals surface area contributed by atoms with E-state index in [1.54, 1.807) is 12.1 Å². The molecule has 0 bridgehead atoms. The normalized spacial score (nSPS) is 20.0. The van der Waals surface area contributed by atoms with Crippen LogP contribution in [0.2, 0.25) is 0 Å². The first-order valence-electron chi connectivity index (χ1n) is 8.49. The summed E-state index contributed by atoms with van der Waals surface area (Å²) in [6.07, 6.45) is 1.14. The second kappa shape index (κ2) is 8.00. The van der Waals surface area contributed by atoms with E-state index in [0.29, 0.717) is 23.1 Å². The molecule has 1 heterocycles. The number of carbonyl (C=O) groups excluding carboxylic acids is 3. The van der Waals surface area contributed by atoms with Crippen molar-refractivity contribution in [2.24, 2.45) is 17.6 Å². The molecule has 1 aromatic carbocycles. The fourth-order valence-corrected chi connectivity index (χ4v) is 3.31. The van der Waals surface area contributed by atoms with Crippen LogP contribution in [0.3, 0.4) is 0 Å². The summed E-state index contributed by atoms with van der Waals surface area (Å²) in [5, 5.41) is 4.94. The van der Waals surface area contributed by atoms with Crippen molar-refractivity contribution < 1.29 is 14.4 Å². The van der Waals surface area contributed by atoms with Gasteiger partial charge < -0.3 is 16.0 Å². The number of anilines is 1. The molecule has 0 aliphatic carbocycles. The topological polar surface area (TPSA) is 105 Å². The number of likely N-dealkylation sites (tertiary alicyclic amines) is 1. The van der Waals surface area contributed by atoms with E-state index in [0.717, 1.165) is 25.1 Å². The molecule has 4 amide bonds. The molecular weight excluding hydrogens is 320 g/mol. The zero-order valence-electron chi connectivity index (χ0n) is 15.0. The van der Waals surface area contributed by atoms with Crippen LogP contribution in [0.1, 0.15) is 36.2 Å². The highest BCUT2D eigenvalue weighted by Crippen LogP contribution is 2.24. The number of nitrogens with one attached hydrogen (secondary N) is 2. The summed E-state index contributed by atoms with van der Waals surface area (Å²) in [7, 11) is 0. The lowest BCUT2D eigenvalue weighted by molar-refractivity contribution is -0.118. The van der Waals surface area contributed by atoms with Gasteiger partial charge in [-0.15, -0.1) is 0 Å². The van der Waals surface area contributed by atoms with Crippen LogP contribution < -0.4 is 16.4 Å². The fraction of sp³-hybridized carbons (Fsp3) is 0.500. The van der Waals surface area contributed by atoms with E-state index in [-0.39, 0.29) is 12.5 Å². The number of nitrogens with two attached hydrogens (primary N) is 1. The Hall–Kier alpha value is -2.57. The number of amides is 4. The van der Waals surface area contributed by atoms with E-state index in [2.05, 4.69) is 19.2 Å². The molecule has 0 spiro atoms. The van der Waals surface area contributed by atoms with E-state index < -0.39 is 11.9 Å². The lowest BCUT2D eigenvalue weighted by atomic mass is 9.91. The Morgan fingerprint density at radius 1 is 1.20 bits per heavy atom. The van der Waals surface area contributed by atoms with Gasteiger partial charge in [0.2, 0.25) is 5.91 Å². The van der Waals surface area contributed by atoms with Gasteiger partial charge in [-0.05, 0) is 42.9 Å². The molecule has 2 atom stereocenters. The summed E-state index contributed by atoms with van der Waals surface area (Å²) in [5.41, 5.74) is 7.09. The van der Waals surface area contributed by atoms with Crippen LogP contribution in [0.15, 0.2) is 18.2 Å². The van der Waals surface area contributed by atoms with Gasteiger partial charge in [-0.2, -0.15) is 0 Å². The van der Waals surface area contributed by atoms with E-state index in [4.69, 9.17) is 5.73 Å². The smallest absolute Gasteiger partial charge is 0.318 e. The third-order valence-corrected chi connectivity index (χ3v) is 4.34. The molecule has 4 N–H and O–H groups in total. The molecule has 1 saturated heterocycles. The first kappa shape index (κ1) is 18.8. The standard InChI is InChI=1S/C18H26N4O3/c1-11-6-12(2)10-22(9-11)17(24)14-5-4-13(3)15(7-14)20-8-16(23)21-18(19)25/h4-5,7,11-12,20H,6,8-10H2,1-3H3,(H3,19,21,23,25)/t11-,12-/m1/s1. The minimum Gasteiger partial charge on any atom is -0.376 e. The van der Waals surface area contributed by atoms with Gasteiger partial charge in [-0.1, -0.05) is 19.9 Å². The number of imide groups is 1. The van der Waals surface area contributed by atoms with Crippen LogP contribution >= 0.6 is 0 Å². The monoisotopic (exact) mass is 346 g/mol. The van der Waals surface area contributed by atoms with Crippen molar-refractivity contribution in [3.63, 3.8) is 0 Å². The van der Waals surface area contributed by atoms with E-state index in [1.165, 1.54) is 0 Å². The minimum absolute atomic E-state index is 0.00281. The molecule has 1 fully saturated rings. The van der Waals surface area contributed by atoms with Crippen LogP contribution in [0.25, 0.3) is 0 Å². The summed E-state index contributed by atoms with van der Waals surface area (Å²) in [4.78, 5) is 36.9. The largest absolute Gasteiger partial charge is 0.376 e. The first-order chi connectivity index (χ1) is 11.8. The van der Waals surface area contributed by atoms with E-state index in [9.17, 15) is 14.4 Å². The maximum atomic E-state index is 12.8. The predicted octanol–water partition coefficient (Wildman–Crippen LogP) is 1.72. The van der Waals surface area contributed by atoms with Gasteiger partial charge in [-0.25, -0.2) is 4.79 Å². The molecule has 0 saturated carbocycles. The summed E-state index contributed by atoms with van der Waals surface area (Å²) in [6, 6.07) is 4.51. The Morgan fingerprint density at radius 3 is 2.44 bits per heavy atom. The highest BCUT2D eigenvalue weighted by molar-refractivity contribution is 5.97. The molecule has 136 valence electrons. The quantitative estimate of drug-likeness (QED) is 0.772. The lowest BCUT2D eigenvalue weighted by Gasteiger charge is -2.35. The summed E-state index contributed by atoms with van der Waals surface area (Å²) in [5.74, 6) is 0.465. The molecule has 7 heteroatoms. The van der Waals surface area contributed by atoms with Crippen LogP contribution in [0, 0.1) is 18.8 Å². The summed E-state index contributed by atoms with van der Waals surface area (Å²) >= 11 is 0. The maximum Gasteiger partial charge on any atom is 0.318 e. The molecule has 0 radical (unpaired) electrons. The van der Waals surface area contributed by atoms with Crippen LogP contribution in [-0.4, -0.2) is 42.4 Å². The Balaban J connectivity index is 2.08. The molecule has 1 aromatic rings. The number of hydrogen-bond donors (Lipinski definition) is 3. The zero-order chi connectivity index (χ0) is 18.6. The first-order valence-corrected chi connectivity index (χ1v) is 8.49. The van der Waals surface area contributed by atoms with Crippen molar-refractivity contribution in [2.75, 3.05) is 25.0 Å². The predicted molar refractivity (Wildman–Crippen MR) is 96.2 cm³/mol. The second-order valence-electron chi connectivity index (χ2n) is 6.95. The number of piperidine rings is 1. The number of urea groups is 1. The number of hydrogen-bond acceptors (Lipinski definition) is 4. The SMILES string of the molecule is Cc1ccc(C(=O)N2C[C@H](C)C[C@@H](C)C2)cc1NCC(=O)NC(N)=O.